The normalized spacial score (nSPS) is 26.7. The second kappa shape index (κ2) is 8.68. The van der Waals surface area contributed by atoms with Crippen LogP contribution in [-0.2, 0) is 13.1 Å². The van der Waals surface area contributed by atoms with Gasteiger partial charge in [0.1, 0.15) is 0 Å². The summed E-state index contributed by atoms with van der Waals surface area (Å²) in [7, 11) is 0. The average molecular weight is 345 g/mol. The van der Waals surface area contributed by atoms with Crippen molar-refractivity contribution in [1.29, 1.82) is 0 Å². The highest BCUT2D eigenvalue weighted by Gasteiger charge is 2.25. The third-order valence-corrected chi connectivity index (χ3v) is 5.82. The Morgan fingerprint density at radius 3 is 2.72 bits per heavy atom. The van der Waals surface area contributed by atoms with Gasteiger partial charge in [0, 0.05) is 25.2 Å². The van der Waals surface area contributed by atoms with Crippen LogP contribution in [0.5, 0.6) is 0 Å². The van der Waals surface area contributed by atoms with E-state index in [-0.39, 0.29) is 18.7 Å². The number of rotatable bonds is 6. The van der Waals surface area contributed by atoms with Crippen molar-refractivity contribution < 1.29 is 9.90 Å². The average Bonchev–Trinajstić information content (AvgIpc) is 3.23. The van der Waals surface area contributed by atoms with Gasteiger partial charge in [0.25, 0.3) is 0 Å². The lowest BCUT2D eigenvalue weighted by Gasteiger charge is -2.24. The number of benzene rings is 1. The zero-order valence-corrected chi connectivity index (χ0v) is 15.2. The van der Waals surface area contributed by atoms with Gasteiger partial charge in [0.15, 0.2) is 0 Å². The molecule has 5 nitrogen and oxygen atoms in total. The Kier molecular flexibility index (Phi) is 6.32. The summed E-state index contributed by atoms with van der Waals surface area (Å²) in [5, 5.41) is 15.6. The minimum Gasteiger partial charge on any atom is -0.395 e. The van der Waals surface area contributed by atoms with Crippen molar-refractivity contribution in [2.45, 2.75) is 64.2 Å². The molecule has 2 fully saturated rings. The minimum absolute atomic E-state index is 0.0667. The summed E-state index contributed by atoms with van der Waals surface area (Å²) in [6.07, 6.45) is 5.71. The summed E-state index contributed by atoms with van der Waals surface area (Å²) in [5.74, 6) is 0.573. The summed E-state index contributed by atoms with van der Waals surface area (Å²) in [6.45, 7) is 4.85. The highest BCUT2D eigenvalue weighted by molar-refractivity contribution is 5.74. The molecule has 0 radical (unpaired) electrons. The van der Waals surface area contributed by atoms with Crippen LogP contribution in [0.15, 0.2) is 24.3 Å². The molecule has 1 saturated heterocycles. The molecule has 5 heteroatoms. The first kappa shape index (κ1) is 18.2. The first-order valence-corrected chi connectivity index (χ1v) is 9.63. The number of hydrogen-bond acceptors (Lipinski definition) is 3. The number of amides is 2. The van der Waals surface area contributed by atoms with Gasteiger partial charge in [-0.1, -0.05) is 37.6 Å². The van der Waals surface area contributed by atoms with E-state index in [1.165, 1.54) is 18.4 Å². The van der Waals surface area contributed by atoms with Gasteiger partial charge in [-0.2, -0.15) is 0 Å². The second-order valence-corrected chi connectivity index (χ2v) is 7.56. The van der Waals surface area contributed by atoms with Crippen LogP contribution in [0, 0.1) is 5.92 Å². The molecule has 1 aliphatic heterocycles. The Hall–Kier alpha value is -1.59. The summed E-state index contributed by atoms with van der Waals surface area (Å²) < 4.78 is 0. The van der Waals surface area contributed by atoms with Crippen LogP contribution >= 0.6 is 0 Å². The van der Waals surface area contributed by atoms with Crippen LogP contribution in [0.1, 0.15) is 50.2 Å². The molecule has 0 spiro atoms. The summed E-state index contributed by atoms with van der Waals surface area (Å²) >= 11 is 0. The third-order valence-electron chi connectivity index (χ3n) is 5.82. The molecule has 2 amide bonds. The highest BCUT2D eigenvalue weighted by atomic mass is 16.3. The van der Waals surface area contributed by atoms with E-state index in [0.717, 1.165) is 37.9 Å². The molecule has 138 valence electrons. The number of likely N-dealkylation sites (tertiary alicyclic amines) is 1. The summed E-state index contributed by atoms with van der Waals surface area (Å²) in [4.78, 5) is 14.6. The zero-order valence-electron chi connectivity index (χ0n) is 15.2. The smallest absolute Gasteiger partial charge is 0.315 e. The zero-order chi connectivity index (χ0) is 17.6. The number of aliphatic hydroxyl groups excluding tert-OH is 1. The standard InChI is InChI=1S/C20H31N3O2/c1-15-6-4-10-19(15)22-20(25)21-12-16-7-2-3-8-17(16)13-23-11-5-9-18(23)14-24/h2-3,7-8,15,18-19,24H,4-6,9-14H2,1H3,(H2,21,22,25). The van der Waals surface area contributed by atoms with Crippen molar-refractivity contribution in [3.8, 4) is 0 Å². The Morgan fingerprint density at radius 2 is 2.00 bits per heavy atom. The van der Waals surface area contributed by atoms with E-state index >= 15 is 0 Å². The maximum Gasteiger partial charge on any atom is 0.315 e. The van der Waals surface area contributed by atoms with E-state index in [1.807, 2.05) is 12.1 Å². The van der Waals surface area contributed by atoms with Crippen LogP contribution in [0.25, 0.3) is 0 Å². The van der Waals surface area contributed by atoms with Crippen molar-refractivity contribution in [1.82, 2.24) is 15.5 Å². The first-order valence-electron chi connectivity index (χ1n) is 9.63. The maximum absolute atomic E-state index is 12.2. The van der Waals surface area contributed by atoms with Crippen molar-refractivity contribution in [2.75, 3.05) is 13.2 Å². The molecule has 1 aliphatic carbocycles. The predicted molar refractivity (Wildman–Crippen MR) is 99.1 cm³/mol. The molecule has 3 unspecified atom stereocenters. The molecule has 3 atom stereocenters. The first-order chi connectivity index (χ1) is 12.2. The highest BCUT2D eigenvalue weighted by Crippen LogP contribution is 2.24. The molecule has 3 rings (SSSR count). The van der Waals surface area contributed by atoms with Crippen molar-refractivity contribution >= 4 is 6.03 Å². The molecule has 1 saturated carbocycles. The maximum atomic E-state index is 12.2. The van der Waals surface area contributed by atoms with Gasteiger partial charge >= 0.3 is 6.03 Å². The number of urea groups is 1. The number of nitrogens with one attached hydrogen (secondary N) is 2. The molecule has 0 aromatic heterocycles. The molecular formula is C20H31N3O2. The van der Waals surface area contributed by atoms with Crippen LogP contribution in [0.2, 0.25) is 0 Å². The molecule has 3 N–H and O–H groups in total. The van der Waals surface area contributed by atoms with E-state index in [0.29, 0.717) is 18.5 Å². The van der Waals surface area contributed by atoms with Gasteiger partial charge in [-0.05, 0) is 49.3 Å². The van der Waals surface area contributed by atoms with Gasteiger partial charge in [0.05, 0.1) is 6.61 Å². The molecular weight excluding hydrogens is 314 g/mol. The Bertz CT molecular complexity index is 578. The molecule has 1 heterocycles. The predicted octanol–water partition coefficient (Wildman–Crippen LogP) is 2.63. The summed E-state index contributed by atoms with van der Waals surface area (Å²) in [5.41, 5.74) is 2.39. The van der Waals surface area contributed by atoms with E-state index in [4.69, 9.17) is 0 Å². The van der Waals surface area contributed by atoms with Gasteiger partial charge in [0.2, 0.25) is 0 Å². The molecule has 25 heavy (non-hydrogen) atoms. The lowest BCUT2D eigenvalue weighted by molar-refractivity contribution is 0.153. The fourth-order valence-corrected chi connectivity index (χ4v) is 4.17. The van der Waals surface area contributed by atoms with Crippen LogP contribution in [-0.4, -0.2) is 41.3 Å². The van der Waals surface area contributed by atoms with E-state index in [9.17, 15) is 9.90 Å². The largest absolute Gasteiger partial charge is 0.395 e. The fraction of sp³-hybridized carbons (Fsp3) is 0.650. The van der Waals surface area contributed by atoms with Gasteiger partial charge in [-0.3, -0.25) is 4.90 Å². The summed E-state index contributed by atoms with van der Waals surface area (Å²) in [6, 6.07) is 8.79. The van der Waals surface area contributed by atoms with E-state index in [2.05, 4.69) is 34.6 Å². The fourth-order valence-electron chi connectivity index (χ4n) is 4.17. The Morgan fingerprint density at radius 1 is 1.20 bits per heavy atom. The van der Waals surface area contributed by atoms with Crippen LogP contribution in [0.4, 0.5) is 4.79 Å². The number of carbonyl (C=O) groups is 1. The van der Waals surface area contributed by atoms with E-state index < -0.39 is 0 Å². The van der Waals surface area contributed by atoms with Crippen molar-refractivity contribution in [2.24, 2.45) is 5.92 Å². The van der Waals surface area contributed by atoms with E-state index in [1.54, 1.807) is 0 Å². The molecule has 0 bridgehead atoms. The minimum atomic E-state index is -0.0667. The SMILES string of the molecule is CC1CCCC1NC(=O)NCc1ccccc1CN1CCCC1CO. The van der Waals surface area contributed by atoms with Gasteiger partial charge < -0.3 is 15.7 Å². The number of aliphatic hydroxyl groups is 1. The van der Waals surface area contributed by atoms with Gasteiger partial charge in [-0.15, -0.1) is 0 Å². The molecule has 1 aromatic rings. The molecule has 2 aliphatic rings. The molecule has 1 aromatic carbocycles. The Labute approximate surface area is 150 Å². The monoisotopic (exact) mass is 345 g/mol. The third kappa shape index (κ3) is 4.73. The second-order valence-electron chi connectivity index (χ2n) is 7.56. The topological polar surface area (TPSA) is 64.6 Å². The number of carbonyl (C=O) groups excluding carboxylic acids is 1. The number of hydrogen-bond donors (Lipinski definition) is 3. The van der Waals surface area contributed by atoms with Crippen molar-refractivity contribution in [3.05, 3.63) is 35.4 Å². The lowest BCUT2D eigenvalue weighted by Crippen LogP contribution is -2.43. The van der Waals surface area contributed by atoms with Crippen LogP contribution < -0.4 is 10.6 Å². The number of nitrogens with zero attached hydrogens (tertiary/aromatic N) is 1. The Balaban J connectivity index is 1.54. The van der Waals surface area contributed by atoms with Crippen LogP contribution in [0.3, 0.4) is 0 Å². The quantitative estimate of drug-likeness (QED) is 0.743. The van der Waals surface area contributed by atoms with Crippen molar-refractivity contribution in [3.63, 3.8) is 0 Å². The lowest BCUT2D eigenvalue weighted by atomic mass is 10.1. The van der Waals surface area contributed by atoms with Gasteiger partial charge in [-0.25, -0.2) is 4.79 Å².